The number of aromatic nitrogens is 3. The highest BCUT2D eigenvalue weighted by Gasteiger charge is 2.20. The predicted molar refractivity (Wildman–Crippen MR) is 144 cm³/mol. The summed E-state index contributed by atoms with van der Waals surface area (Å²) in [6.07, 6.45) is 3.77. The molecule has 3 aromatic carbocycles. The number of ether oxygens (including phenoxy) is 1. The van der Waals surface area contributed by atoms with E-state index >= 15 is 0 Å². The van der Waals surface area contributed by atoms with Gasteiger partial charge in [0.2, 0.25) is 0 Å². The number of hydrogen-bond donors (Lipinski definition) is 0. The number of rotatable bonds is 6. The van der Waals surface area contributed by atoms with Crippen LogP contribution in [-0.4, -0.2) is 26.7 Å². The van der Waals surface area contributed by atoms with Crippen molar-refractivity contribution in [2.45, 2.75) is 13.8 Å². The van der Waals surface area contributed by atoms with Gasteiger partial charge in [0.05, 0.1) is 29.9 Å². The molecule has 0 amide bonds. The lowest BCUT2D eigenvalue weighted by Crippen LogP contribution is -2.06. The Labute approximate surface area is 219 Å². The molecule has 2 aromatic heterocycles. The Kier molecular flexibility index (Phi) is 6.68. The fourth-order valence-corrected chi connectivity index (χ4v) is 4.45. The topological polar surface area (TPSA) is 49.0 Å². The molecule has 0 saturated heterocycles. The van der Waals surface area contributed by atoms with Crippen LogP contribution in [0, 0.1) is 6.92 Å². The minimum Gasteiger partial charge on any atom is -0.462 e. The number of esters is 1. The van der Waals surface area contributed by atoms with Crippen molar-refractivity contribution in [3.05, 3.63) is 113 Å². The molecule has 0 aliphatic heterocycles. The van der Waals surface area contributed by atoms with Gasteiger partial charge in [0.1, 0.15) is 0 Å². The van der Waals surface area contributed by atoms with Gasteiger partial charge in [-0.2, -0.15) is 0 Å². The highest BCUT2D eigenvalue weighted by molar-refractivity contribution is 6.30. The van der Waals surface area contributed by atoms with Crippen molar-refractivity contribution in [2.75, 3.05) is 6.61 Å². The molecule has 0 bridgehead atoms. The van der Waals surface area contributed by atoms with E-state index in [2.05, 4.69) is 9.55 Å². The lowest BCUT2D eigenvalue weighted by atomic mass is 10.1. The van der Waals surface area contributed by atoms with Crippen LogP contribution >= 0.6 is 23.2 Å². The molecule has 0 N–H and O–H groups in total. The molecule has 5 rings (SSSR count). The second-order valence-corrected chi connectivity index (χ2v) is 9.15. The number of carbonyl (C=O) groups is 1. The average Bonchev–Trinajstić information content (AvgIpc) is 3.51. The second kappa shape index (κ2) is 10.1. The van der Waals surface area contributed by atoms with Gasteiger partial charge in [-0.3, -0.25) is 0 Å². The Balaban J connectivity index is 1.52. The minimum absolute atomic E-state index is 0.317. The van der Waals surface area contributed by atoms with Gasteiger partial charge in [-0.15, -0.1) is 0 Å². The van der Waals surface area contributed by atoms with Crippen LogP contribution < -0.4 is 0 Å². The standard InChI is InChI=1S/C29H23Cl2N3O2/c1-3-36-29(35)26-16-28(21-4-8-22(30)9-5-21)34(19(26)2)25-12-6-20(7-13-25)27-17-33(18-32-27)24-14-10-23(31)11-15-24/h4-18H,3H2,1-2H3. The largest absolute Gasteiger partial charge is 0.462 e. The summed E-state index contributed by atoms with van der Waals surface area (Å²) in [7, 11) is 0. The van der Waals surface area contributed by atoms with Gasteiger partial charge in [0.15, 0.2) is 0 Å². The lowest BCUT2D eigenvalue weighted by molar-refractivity contribution is 0.0525. The van der Waals surface area contributed by atoms with Gasteiger partial charge in [0, 0.05) is 38.9 Å². The molecule has 0 unspecified atom stereocenters. The molecule has 0 fully saturated rings. The molecule has 7 heteroatoms. The van der Waals surface area contributed by atoms with Crippen molar-refractivity contribution in [3.8, 4) is 33.9 Å². The number of benzene rings is 3. The van der Waals surface area contributed by atoms with Crippen molar-refractivity contribution in [1.82, 2.24) is 14.1 Å². The zero-order chi connectivity index (χ0) is 25.2. The number of hydrogen-bond acceptors (Lipinski definition) is 3. The first kappa shape index (κ1) is 23.9. The summed E-state index contributed by atoms with van der Waals surface area (Å²) in [5.74, 6) is -0.340. The van der Waals surface area contributed by atoms with Gasteiger partial charge < -0.3 is 13.9 Å². The summed E-state index contributed by atoms with van der Waals surface area (Å²) in [6.45, 7) is 4.04. The Bertz CT molecular complexity index is 1520. The molecule has 2 heterocycles. The van der Waals surface area contributed by atoms with E-state index in [0.29, 0.717) is 22.2 Å². The van der Waals surface area contributed by atoms with Gasteiger partial charge in [-0.05, 0) is 74.0 Å². The maximum Gasteiger partial charge on any atom is 0.339 e. The van der Waals surface area contributed by atoms with Gasteiger partial charge in [-0.1, -0.05) is 47.5 Å². The molecule has 0 aliphatic carbocycles. The molecule has 0 atom stereocenters. The van der Waals surface area contributed by atoms with Crippen LogP contribution in [0.4, 0.5) is 0 Å². The Morgan fingerprint density at radius 1 is 0.861 bits per heavy atom. The SMILES string of the molecule is CCOC(=O)c1cc(-c2ccc(Cl)cc2)n(-c2ccc(-c3cn(-c4ccc(Cl)cc4)cn3)cc2)c1C. The van der Waals surface area contributed by atoms with E-state index < -0.39 is 0 Å². The third-order valence-corrected chi connectivity index (χ3v) is 6.52. The van der Waals surface area contributed by atoms with E-state index in [1.807, 2.05) is 96.6 Å². The molecule has 0 radical (unpaired) electrons. The van der Waals surface area contributed by atoms with E-state index in [1.54, 1.807) is 13.3 Å². The average molecular weight is 516 g/mol. The molecule has 0 aliphatic rings. The third kappa shape index (κ3) is 4.68. The summed E-state index contributed by atoms with van der Waals surface area (Å²) >= 11 is 12.1. The molecule has 36 heavy (non-hydrogen) atoms. The van der Waals surface area contributed by atoms with E-state index in [-0.39, 0.29) is 5.97 Å². The molecule has 0 spiro atoms. The lowest BCUT2D eigenvalue weighted by Gasteiger charge is -2.13. The first-order valence-electron chi connectivity index (χ1n) is 11.5. The van der Waals surface area contributed by atoms with Crippen molar-refractivity contribution >= 4 is 29.2 Å². The van der Waals surface area contributed by atoms with Crippen molar-refractivity contribution < 1.29 is 9.53 Å². The Morgan fingerprint density at radius 2 is 1.44 bits per heavy atom. The predicted octanol–water partition coefficient (Wildman–Crippen LogP) is 7.79. The number of halogens is 2. The number of carbonyl (C=O) groups excluding carboxylic acids is 1. The van der Waals surface area contributed by atoms with Crippen LogP contribution in [0.25, 0.3) is 33.9 Å². The summed E-state index contributed by atoms with van der Waals surface area (Å²) in [5.41, 5.74) is 6.91. The van der Waals surface area contributed by atoms with Crippen LogP contribution in [0.1, 0.15) is 23.0 Å². The number of imidazole rings is 1. The summed E-state index contributed by atoms with van der Waals surface area (Å²) < 4.78 is 9.32. The van der Waals surface area contributed by atoms with E-state index in [4.69, 9.17) is 27.9 Å². The maximum atomic E-state index is 12.7. The maximum absolute atomic E-state index is 12.7. The zero-order valence-corrected chi connectivity index (χ0v) is 21.3. The number of nitrogens with zero attached hydrogens (tertiary/aromatic N) is 3. The van der Waals surface area contributed by atoms with E-state index in [0.717, 1.165) is 39.6 Å². The fraction of sp³-hybridized carbons (Fsp3) is 0.103. The van der Waals surface area contributed by atoms with Gasteiger partial charge in [-0.25, -0.2) is 9.78 Å². The first-order chi connectivity index (χ1) is 17.4. The first-order valence-corrected chi connectivity index (χ1v) is 12.3. The molecule has 5 aromatic rings. The quantitative estimate of drug-likeness (QED) is 0.217. The molecule has 5 nitrogen and oxygen atoms in total. The zero-order valence-electron chi connectivity index (χ0n) is 19.8. The van der Waals surface area contributed by atoms with Crippen LogP contribution in [0.15, 0.2) is 91.4 Å². The van der Waals surface area contributed by atoms with Gasteiger partial charge in [0.25, 0.3) is 0 Å². The van der Waals surface area contributed by atoms with E-state index in [9.17, 15) is 4.79 Å². The summed E-state index contributed by atoms with van der Waals surface area (Å²) in [5, 5.41) is 1.35. The van der Waals surface area contributed by atoms with Crippen LogP contribution in [0.3, 0.4) is 0 Å². The van der Waals surface area contributed by atoms with Gasteiger partial charge >= 0.3 is 5.97 Å². The smallest absolute Gasteiger partial charge is 0.339 e. The highest BCUT2D eigenvalue weighted by atomic mass is 35.5. The summed E-state index contributed by atoms with van der Waals surface area (Å²) in [4.78, 5) is 17.2. The minimum atomic E-state index is -0.340. The Hall–Kier alpha value is -3.80. The molecule has 180 valence electrons. The normalized spacial score (nSPS) is 11.0. The van der Waals surface area contributed by atoms with Crippen molar-refractivity contribution in [2.24, 2.45) is 0 Å². The van der Waals surface area contributed by atoms with E-state index in [1.165, 1.54) is 0 Å². The fourth-order valence-electron chi connectivity index (χ4n) is 4.20. The molecule has 0 saturated carbocycles. The third-order valence-electron chi connectivity index (χ3n) is 6.01. The van der Waals surface area contributed by atoms with Crippen molar-refractivity contribution in [3.63, 3.8) is 0 Å². The van der Waals surface area contributed by atoms with Crippen LogP contribution in [0.2, 0.25) is 10.0 Å². The highest BCUT2D eigenvalue weighted by Crippen LogP contribution is 2.32. The molecular formula is C29H23Cl2N3O2. The monoisotopic (exact) mass is 515 g/mol. The van der Waals surface area contributed by atoms with Crippen molar-refractivity contribution in [1.29, 1.82) is 0 Å². The molecular weight excluding hydrogens is 493 g/mol. The Morgan fingerprint density at radius 3 is 2.08 bits per heavy atom. The second-order valence-electron chi connectivity index (χ2n) is 8.28. The van der Waals surface area contributed by atoms with Crippen LogP contribution in [0.5, 0.6) is 0 Å². The van der Waals surface area contributed by atoms with Crippen LogP contribution in [-0.2, 0) is 4.74 Å². The summed E-state index contributed by atoms with van der Waals surface area (Å²) in [6, 6.07) is 25.2.